The summed E-state index contributed by atoms with van der Waals surface area (Å²) in [5, 5.41) is 30.7. The molecule has 1 fully saturated rings. The SMILES string of the molecule is Nc1ccccc1CNC(=O)CN1CCN(CC(=O)O)CCN(CC(=O)O)CCN(CC(=O)O)CC1. The van der Waals surface area contributed by atoms with Crippen LogP contribution in [0.1, 0.15) is 5.56 Å². The first-order valence-corrected chi connectivity index (χ1v) is 11.8. The first-order chi connectivity index (χ1) is 17.1. The quantitative estimate of drug-likeness (QED) is 0.228. The molecule has 2 rings (SSSR count). The monoisotopic (exact) mass is 508 g/mol. The van der Waals surface area contributed by atoms with Crippen molar-refractivity contribution in [2.24, 2.45) is 0 Å². The second-order valence-corrected chi connectivity index (χ2v) is 8.76. The van der Waals surface area contributed by atoms with Crippen LogP contribution in [0.4, 0.5) is 5.69 Å². The summed E-state index contributed by atoms with van der Waals surface area (Å²) in [6.45, 7) is 2.45. The molecule has 6 N–H and O–H groups in total. The van der Waals surface area contributed by atoms with Gasteiger partial charge in [-0.2, -0.15) is 0 Å². The number of nitrogens with zero attached hydrogens (tertiary/aromatic N) is 4. The molecular formula is C23H36N6O7. The predicted octanol–water partition coefficient (Wildman–Crippen LogP) is -1.64. The van der Waals surface area contributed by atoms with Gasteiger partial charge >= 0.3 is 17.9 Å². The van der Waals surface area contributed by atoms with Crippen LogP contribution in [0, 0.1) is 0 Å². The molecule has 13 heteroatoms. The lowest BCUT2D eigenvalue weighted by atomic mass is 10.2. The van der Waals surface area contributed by atoms with Crippen LogP contribution < -0.4 is 11.1 Å². The number of carboxylic acid groups (broad SMARTS) is 3. The maximum absolute atomic E-state index is 12.7. The number of carboxylic acids is 3. The summed E-state index contributed by atoms with van der Waals surface area (Å²) in [5.74, 6) is -3.23. The Balaban J connectivity index is 2.08. The summed E-state index contributed by atoms with van der Waals surface area (Å²) >= 11 is 0. The molecule has 1 aromatic rings. The van der Waals surface area contributed by atoms with E-state index < -0.39 is 17.9 Å². The van der Waals surface area contributed by atoms with Gasteiger partial charge in [-0.3, -0.25) is 38.8 Å². The molecule has 200 valence electrons. The molecule has 13 nitrogen and oxygen atoms in total. The van der Waals surface area contributed by atoms with E-state index in [2.05, 4.69) is 5.32 Å². The molecule has 0 atom stereocenters. The first-order valence-electron chi connectivity index (χ1n) is 11.8. The van der Waals surface area contributed by atoms with Crippen molar-refractivity contribution in [3.05, 3.63) is 29.8 Å². The summed E-state index contributed by atoms with van der Waals surface area (Å²) in [4.78, 5) is 53.6. The van der Waals surface area contributed by atoms with E-state index in [-0.39, 0.29) is 38.6 Å². The van der Waals surface area contributed by atoms with Crippen molar-refractivity contribution in [3.63, 3.8) is 0 Å². The first kappa shape index (κ1) is 29.0. The number of anilines is 1. The largest absolute Gasteiger partial charge is 0.480 e. The Morgan fingerprint density at radius 3 is 1.39 bits per heavy atom. The normalized spacial score (nSPS) is 17.6. The van der Waals surface area contributed by atoms with E-state index in [0.717, 1.165) is 5.56 Å². The van der Waals surface area contributed by atoms with Gasteiger partial charge in [-0.15, -0.1) is 0 Å². The van der Waals surface area contributed by atoms with E-state index >= 15 is 0 Å². The third-order valence-electron chi connectivity index (χ3n) is 5.90. The average Bonchev–Trinajstić information content (AvgIpc) is 2.79. The summed E-state index contributed by atoms with van der Waals surface area (Å²) < 4.78 is 0. The molecule has 1 amide bonds. The van der Waals surface area contributed by atoms with Crippen LogP contribution in [0.3, 0.4) is 0 Å². The van der Waals surface area contributed by atoms with Crippen molar-refractivity contribution < 1.29 is 34.5 Å². The van der Waals surface area contributed by atoms with Crippen LogP contribution in [0.25, 0.3) is 0 Å². The summed E-state index contributed by atoms with van der Waals surface area (Å²) in [5.41, 5.74) is 7.31. The second kappa shape index (κ2) is 15.0. The standard InChI is InChI=1S/C23H36N6O7/c24-19-4-2-1-3-18(19)13-25-20(30)14-26-5-7-27(15-21(31)32)9-11-29(17-23(35)36)12-10-28(8-6-26)16-22(33)34/h1-4H,5-17,24H2,(H,25,30)(H,31,32)(H,33,34)(H,35,36). The molecule has 0 aromatic heterocycles. The summed E-state index contributed by atoms with van der Waals surface area (Å²) in [6.07, 6.45) is 0. The molecule has 0 saturated carbocycles. The second-order valence-electron chi connectivity index (χ2n) is 8.76. The fraction of sp³-hybridized carbons (Fsp3) is 0.565. The van der Waals surface area contributed by atoms with Gasteiger partial charge in [0.05, 0.1) is 26.2 Å². The number of amides is 1. The molecule has 0 aliphatic carbocycles. The minimum absolute atomic E-state index is 0.0553. The van der Waals surface area contributed by atoms with E-state index in [0.29, 0.717) is 58.0 Å². The van der Waals surface area contributed by atoms with Crippen LogP contribution in [0.2, 0.25) is 0 Å². The van der Waals surface area contributed by atoms with Gasteiger partial charge in [-0.25, -0.2) is 0 Å². The van der Waals surface area contributed by atoms with E-state index in [9.17, 15) is 34.5 Å². The van der Waals surface area contributed by atoms with Gasteiger partial charge in [0.1, 0.15) is 0 Å². The highest BCUT2D eigenvalue weighted by Gasteiger charge is 2.21. The van der Waals surface area contributed by atoms with Crippen LogP contribution >= 0.6 is 0 Å². The molecular weight excluding hydrogens is 472 g/mol. The van der Waals surface area contributed by atoms with Crippen molar-refractivity contribution in [3.8, 4) is 0 Å². The Morgan fingerprint density at radius 2 is 1.03 bits per heavy atom. The highest BCUT2D eigenvalue weighted by molar-refractivity contribution is 5.78. The van der Waals surface area contributed by atoms with Gasteiger partial charge in [-0.1, -0.05) is 18.2 Å². The lowest BCUT2D eigenvalue weighted by Crippen LogP contribution is -2.49. The number of nitrogens with one attached hydrogen (secondary N) is 1. The lowest BCUT2D eigenvalue weighted by molar-refractivity contribution is -0.140. The number of rotatable bonds is 10. The predicted molar refractivity (Wildman–Crippen MR) is 131 cm³/mol. The van der Waals surface area contributed by atoms with Gasteiger partial charge in [0.2, 0.25) is 5.91 Å². The van der Waals surface area contributed by atoms with Gasteiger partial charge in [-0.05, 0) is 11.6 Å². The number of nitrogen functional groups attached to an aromatic ring is 1. The number of hydrogen-bond donors (Lipinski definition) is 5. The maximum atomic E-state index is 12.7. The van der Waals surface area contributed by atoms with Gasteiger partial charge in [0.15, 0.2) is 0 Å². The molecule has 1 aromatic carbocycles. The Kier molecular flexibility index (Phi) is 12.1. The molecule has 36 heavy (non-hydrogen) atoms. The Hall–Kier alpha value is -3.26. The smallest absolute Gasteiger partial charge is 0.317 e. The molecule has 1 aliphatic heterocycles. The Morgan fingerprint density at radius 1 is 0.667 bits per heavy atom. The van der Waals surface area contributed by atoms with Crippen molar-refractivity contribution in [2.75, 3.05) is 84.3 Å². The number of hydrogen-bond acceptors (Lipinski definition) is 9. The number of carbonyl (C=O) groups excluding carboxylic acids is 1. The number of para-hydroxylation sites is 1. The van der Waals surface area contributed by atoms with E-state index in [1.807, 2.05) is 23.1 Å². The molecule has 1 aliphatic rings. The maximum Gasteiger partial charge on any atom is 0.317 e. The van der Waals surface area contributed by atoms with Gasteiger partial charge in [0, 0.05) is 64.6 Å². The van der Waals surface area contributed by atoms with Gasteiger partial charge in [0.25, 0.3) is 0 Å². The van der Waals surface area contributed by atoms with Crippen molar-refractivity contribution in [2.45, 2.75) is 6.54 Å². The zero-order chi connectivity index (χ0) is 26.5. The molecule has 1 heterocycles. The zero-order valence-electron chi connectivity index (χ0n) is 20.3. The Labute approximate surface area is 210 Å². The van der Waals surface area contributed by atoms with E-state index in [1.165, 1.54) is 0 Å². The lowest BCUT2D eigenvalue weighted by Gasteiger charge is -2.32. The highest BCUT2D eigenvalue weighted by atomic mass is 16.4. The third kappa shape index (κ3) is 11.4. The Bertz CT molecular complexity index is 867. The number of carbonyl (C=O) groups is 4. The van der Waals surface area contributed by atoms with Crippen LogP contribution in [0.5, 0.6) is 0 Å². The molecule has 0 bridgehead atoms. The molecule has 0 radical (unpaired) electrons. The van der Waals surface area contributed by atoms with E-state index in [1.54, 1.807) is 20.8 Å². The van der Waals surface area contributed by atoms with Crippen molar-refractivity contribution in [1.29, 1.82) is 0 Å². The van der Waals surface area contributed by atoms with E-state index in [4.69, 9.17) is 5.73 Å². The fourth-order valence-electron chi connectivity index (χ4n) is 3.93. The van der Waals surface area contributed by atoms with Gasteiger partial charge < -0.3 is 26.4 Å². The molecule has 0 unspecified atom stereocenters. The fourth-order valence-corrected chi connectivity index (χ4v) is 3.93. The minimum atomic E-state index is -1.01. The summed E-state index contributed by atoms with van der Waals surface area (Å²) in [7, 11) is 0. The van der Waals surface area contributed by atoms with Crippen molar-refractivity contribution >= 4 is 29.5 Å². The van der Waals surface area contributed by atoms with Crippen molar-refractivity contribution in [1.82, 2.24) is 24.9 Å². The number of aliphatic carboxylic acids is 3. The van der Waals surface area contributed by atoms with Crippen LogP contribution in [0.15, 0.2) is 24.3 Å². The number of benzene rings is 1. The summed E-state index contributed by atoms with van der Waals surface area (Å²) in [6, 6.07) is 7.22. The average molecular weight is 509 g/mol. The topological polar surface area (TPSA) is 180 Å². The van der Waals surface area contributed by atoms with Crippen LogP contribution in [-0.2, 0) is 25.7 Å². The highest BCUT2D eigenvalue weighted by Crippen LogP contribution is 2.09. The third-order valence-corrected chi connectivity index (χ3v) is 5.90. The molecule has 1 saturated heterocycles. The zero-order valence-corrected chi connectivity index (χ0v) is 20.3. The van der Waals surface area contributed by atoms with Crippen LogP contribution in [-0.4, -0.2) is 137 Å². The minimum Gasteiger partial charge on any atom is -0.480 e. The number of nitrogens with two attached hydrogens (primary N) is 1. The molecule has 0 spiro atoms.